The number of carboxylic acid groups (broad SMARTS) is 1. The largest absolute Gasteiger partial charge is 0.481 e. The molecule has 1 unspecified atom stereocenters. The van der Waals surface area contributed by atoms with Crippen LogP contribution in [0.5, 0.6) is 0 Å². The summed E-state index contributed by atoms with van der Waals surface area (Å²) in [7, 11) is 0. The van der Waals surface area contributed by atoms with Gasteiger partial charge in [-0.3, -0.25) is 4.79 Å². The van der Waals surface area contributed by atoms with Gasteiger partial charge in [0, 0.05) is 12.6 Å². The first-order chi connectivity index (χ1) is 8.97. The van der Waals surface area contributed by atoms with Gasteiger partial charge in [0.2, 0.25) is 0 Å². The Balaban J connectivity index is 3.81. The van der Waals surface area contributed by atoms with Crippen LogP contribution in [0.1, 0.15) is 26.7 Å². The molecular formula is C13H24N2O4. The van der Waals surface area contributed by atoms with E-state index in [0.29, 0.717) is 19.8 Å². The average molecular weight is 272 g/mol. The number of ether oxygens (including phenoxy) is 1. The molecule has 0 aliphatic heterocycles. The van der Waals surface area contributed by atoms with Gasteiger partial charge in [-0.05, 0) is 12.3 Å². The summed E-state index contributed by atoms with van der Waals surface area (Å²) < 4.78 is 5.23. The van der Waals surface area contributed by atoms with E-state index < -0.39 is 5.97 Å². The first kappa shape index (κ1) is 17.4. The monoisotopic (exact) mass is 272 g/mol. The van der Waals surface area contributed by atoms with E-state index in [1.165, 1.54) is 0 Å². The van der Waals surface area contributed by atoms with Crippen molar-refractivity contribution >= 4 is 12.0 Å². The second-order valence-corrected chi connectivity index (χ2v) is 4.54. The van der Waals surface area contributed by atoms with Crippen LogP contribution in [0.4, 0.5) is 4.79 Å². The minimum absolute atomic E-state index is 0.0608. The van der Waals surface area contributed by atoms with E-state index in [1.807, 2.05) is 13.8 Å². The molecule has 0 fully saturated rings. The fraction of sp³-hybridized carbons (Fsp3) is 0.692. The third kappa shape index (κ3) is 10.1. The number of aliphatic carboxylic acids is 1. The fourth-order valence-electron chi connectivity index (χ4n) is 1.37. The Labute approximate surface area is 114 Å². The number of rotatable bonds is 10. The molecule has 0 radical (unpaired) electrons. The molecule has 0 rings (SSSR count). The molecule has 19 heavy (non-hydrogen) atoms. The number of amides is 2. The number of carbonyl (C=O) groups is 2. The molecule has 0 aromatic carbocycles. The third-order valence-electron chi connectivity index (χ3n) is 2.51. The zero-order valence-electron chi connectivity index (χ0n) is 11.6. The highest BCUT2D eigenvalue weighted by molar-refractivity contribution is 5.75. The molecule has 0 heterocycles. The van der Waals surface area contributed by atoms with Gasteiger partial charge in [-0.1, -0.05) is 19.9 Å². The highest BCUT2D eigenvalue weighted by atomic mass is 16.5. The summed E-state index contributed by atoms with van der Waals surface area (Å²) in [4.78, 5) is 22.2. The number of nitrogens with one attached hydrogen (secondary N) is 2. The van der Waals surface area contributed by atoms with Crippen LogP contribution in [0.15, 0.2) is 12.7 Å². The van der Waals surface area contributed by atoms with Crippen molar-refractivity contribution in [3.8, 4) is 0 Å². The lowest BCUT2D eigenvalue weighted by Gasteiger charge is -2.20. The number of carboxylic acids is 1. The summed E-state index contributed by atoms with van der Waals surface area (Å²) in [5.74, 6) is -0.863. The second-order valence-electron chi connectivity index (χ2n) is 4.54. The quantitative estimate of drug-likeness (QED) is 0.414. The zero-order valence-corrected chi connectivity index (χ0v) is 11.6. The van der Waals surface area contributed by atoms with Gasteiger partial charge >= 0.3 is 12.0 Å². The van der Waals surface area contributed by atoms with Crippen LogP contribution in [-0.2, 0) is 9.53 Å². The number of hydrogen-bond donors (Lipinski definition) is 3. The maximum Gasteiger partial charge on any atom is 0.315 e. The standard InChI is InChI=1S/C13H24N2O4/c1-4-5-7-19-8-6-14-13(18)15-11(10(2)3)9-12(16)17/h4,10-11H,1,5-9H2,2-3H3,(H,16,17)(H2,14,15,18). The van der Waals surface area contributed by atoms with Crippen molar-refractivity contribution in [1.82, 2.24) is 10.6 Å². The topological polar surface area (TPSA) is 87.7 Å². The van der Waals surface area contributed by atoms with Crippen LogP contribution in [0, 0.1) is 5.92 Å². The van der Waals surface area contributed by atoms with E-state index in [9.17, 15) is 9.59 Å². The molecule has 0 saturated heterocycles. The molecule has 0 aliphatic rings. The molecule has 110 valence electrons. The number of carbonyl (C=O) groups excluding carboxylic acids is 1. The molecule has 6 nitrogen and oxygen atoms in total. The van der Waals surface area contributed by atoms with E-state index in [1.54, 1.807) is 6.08 Å². The van der Waals surface area contributed by atoms with Crippen molar-refractivity contribution in [3.05, 3.63) is 12.7 Å². The average Bonchev–Trinajstić information content (AvgIpc) is 2.32. The third-order valence-corrected chi connectivity index (χ3v) is 2.51. The summed E-state index contributed by atoms with van der Waals surface area (Å²) in [5, 5.41) is 14.0. The van der Waals surface area contributed by atoms with Crippen LogP contribution in [0.25, 0.3) is 0 Å². The Hall–Kier alpha value is -1.56. The summed E-state index contributed by atoms with van der Waals surface area (Å²) in [6.45, 7) is 8.70. The van der Waals surface area contributed by atoms with E-state index in [0.717, 1.165) is 6.42 Å². The lowest BCUT2D eigenvalue weighted by atomic mass is 10.0. The zero-order chi connectivity index (χ0) is 14.7. The van der Waals surface area contributed by atoms with Crippen LogP contribution in [0.3, 0.4) is 0 Å². The molecule has 6 heteroatoms. The molecule has 2 amide bonds. The predicted octanol–water partition coefficient (Wildman–Crippen LogP) is 1.38. The highest BCUT2D eigenvalue weighted by Gasteiger charge is 2.18. The van der Waals surface area contributed by atoms with E-state index in [-0.39, 0.29) is 24.4 Å². The maximum atomic E-state index is 11.5. The van der Waals surface area contributed by atoms with Crippen molar-refractivity contribution < 1.29 is 19.4 Å². The minimum atomic E-state index is -0.924. The number of urea groups is 1. The Kier molecular flexibility index (Phi) is 9.52. The predicted molar refractivity (Wildman–Crippen MR) is 73.0 cm³/mol. The van der Waals surface area contributed by atoms with Gasteiger partial charge in [0.15, 0.2) is 0 Å². The molecule has 0 saturated carbocycles. The molecule has 1 atom stereocenters. The number of hydrogen-bond acceptors (Lipinski definition) is 3. The van der Waals surface area contributed by atoms with Crippen molar-refractivity contribution in [1.29, 1.82) is 0 Å². The van der Waals surface area contributed by atoms with Crippen molar-refractivity contribution in [2.75, 3.05) is 19.8 Å². The van der Waals surface area contributed by atoms with E-state index in [4.69, 9.17) is 9.84 Å². The SMILES string of the molecule is C=CCCOCCNC(=O)NC(CC(=O)O)C(C)C. The van der Waals surface area contributed by atoms with Crippen LogP contribution < -0.4 is 10.6 Å². The molecule has 0 bridgehead atoms. The van der Waals surface area contributed by atoms with Crippen molar-refractivity contribution in [2.45, 2.75) is 32.7 Å². The normalized spacial score (nSPS) is 11.9. The minimum Gasteiger partial charge on any atom is -0.481 e. The molecular weight excluding hydrogens is 248 g/mol. The van der Waals surface area contributed by atoms with Crippen LogP contribution in [-0.4, -0.2) is 42.9 Å². The summed E-state index contributed by atoms with van der Waals surface area (Å²) >= 11 is 0. The highest BCUT2D eigenvalue weighted by Crippen LogP contribution is 2.05. The summed E-state index contributed by atoms with van der Waals surface area (Å²) in [5.41, 5.74) is 0. The second kappa shape index (κ2) is 10.4. The van der Waals surface area contributed by atoms with Gasteiger partial charge in [-0.2, -0.15) is 0 Å². The molecule has 0 aromatic rings. The van der Waals surface area contributed by atoms with Crippen LogP contribution in [0.2, 0.25) is 0 Å². The Morgan fingerprint density at radius 3 is 2.58 bits per heavy atom. The van der Waals surface area contributed by atoms with Gasteiger partial charge in [-0.25, -0.2) is 4.79 Å². The van der Waals surface area contributed by atoms with Gasteiger partial charge in [-0.15, -0.1) is 6.58 Å². The lowest BCUT2D eigenvalue weighted by molar-refractivity contribution is -0.137. The molecule has 0 aliphatic carbocycles. The van der Waals surface area contributed by atoms with Crippen molar-refractivity contribution in [3.63, 3.8) is 0 Å². The fourth-order valence-corrected chi connectivity index (χ4v) is 1.37. The molecule has 0 aromatic heterocycles. The Morgan fingerprint density at radius 2 is 2.05 bits per heavy atom. The molecule has 3 N–H and O–H groups in total. The first-order valence-corrected chi connectivity index (χ1v) is 6.42. The van der Waals surface area contributed by atoms with Crippen molar-refractivity contribution in [2.24, 2.45) is 5.92 Å². The Bertz CT molecular complexity index is 292. The first-order valence-electron chi connectivity index (χ1n) is 6.42. The summed E-state index contributed by atoms with van der Waals surface area (Å²) in [6.07, 6.45) is 2.46. The smallest absolute Gasteiger partial charge is 0.315 e. The lowest BCUT2D eigenvalue weighted by Crippen LogP contribution is -2.46. The molecule has 0 spiro atoms. The van der Waals surface area contributed by atoms with E-state index in [2.05, 4.69) is 17.2 Å². The van der Waals surface area contributed by atoms with Gasteiger partial charge in [0.25, 0.3) is 0 Å². The van der Waals surface area contributed by atoms with Gasteiger partial charge in [0.1, 0.15) is 0 Å². The summed E-state index contributed by atoms with van der Waals surface area (Å²) in [6, 6.07) is -0.744. The van der Waals surface area contributed by atoms with E-state index >= 15 is 0 Å². The maximum absolute atomic E-state index is 11.5. The van der Waals surface area contributed by atoms with Gasteiger partial charge in [0.05, 0.1) is 19.6 Å². The Morgan fingerprint density at radius 1 is 1.37 bits per heavy atom. The van der Waals surface area contributed by atoms with Crippen LogP contribution >= 0.6 is 0 Å². The van der Waals surface area contributed by atoms with Gasteiger partial charge < -0.3 is 20.5 Å².